The predicted octanol–water partition coefficient (Wildman–Crippen LogP) is 6.79. The summed E-state index contributed by atoms with van der Waals surface area (Å²) >= 11 is 6.53. The second kappa shape index (κ2) is 16.8. The second-order valence-electron chi connectivity index (χ2n) is 14.7. The molecule has 5 aliphatic heterocycles. The standard InChI is InChI=1S/C32H32ClFN6O3.C7H12FN.C2H6/c1-42-31-36-29-23(17-35-28(27(29)34)22-7-2-5-21-6-3-8-24(33)26(21)22)30(37-31)40-19-32(20-40)10-12-39(18-32)25(41)9-4-11-38-13-15-43-16-14-38;8-6-4-7-2-1-3-9(7)5-6;1-2/h2-9,17H,10-16,18-20H2,1H3;6-7H,1-5H2;1-2H3/b9-4+;;. The number of halogens is 3. The Kier molecular flexibility index (Phi) is 11.9. The lowest BCUT2D eigenvalue weighted by molar-refractivity contribution is -0.125. The summed E-state index contributed by atoms with van der Waals surface area (Å²) in [6, 6.07) is 11.9. The van der Waals surface area contributed by atoms with Crippen LogP contribution in [-0.2, 0) is 9.53 Å². The van der Waals surface area contributed by atoms with Crippen molar-refractivity contribution in [2.45, 2.75) is 51.7 Å². The Bertz CT molecular complexity index is 1970. The highest BCUT2D eigenvalue weighted by molar-refractivity contribution is 6.36. The van der Waals surface area contributed by atoms with E-state index in [-0.39, 0.29) is 28.5 Å². The number of morpholine rings is 1. The molecule has 0 radical (unpaired) electrons. The van der Waals surface area contributed by atoms with Crippen LogP contribution in [0, 0.1) is 11.2 Å². The van der Waals surface area contributed by atoms with E-state index in [0.29, 0.717) is 54.0 Å². The highest BCUT2D eigenvalue weighted by atomic mass is 35.5. The first-order valence-electron chi connectivity index (χ1n) is 19.3. The molecule has 5 aliphatic rings. The van der Waals surface area contributed by atoms with Gasteiger partial charge in [-0.3, -0.25) is 19.6 Å². The van der Waals surface area contributed by atoms with E-state index in [1.807, 2.05) is 55.2 Å². The molecule has 2 unspecified atom stereocenters. The summed E-state index contributed by atoms with van der Waals surface area (Å²) < 4.78 is 39.6. The first-order chi connectivity index (χ1) is 26.3. The molecule has 0 bridgehead atoms. The number of hydrogen-bond donors (Lipinski definition) is 0. The normalized spacial score (nSPS) is 22.3. The molecule has 13 heteroatoms. The fraction of sp³-hybridized carbons (Fsp3) is 0.512. The highest BCUT2D eigenvalue weighted by Gasteiger charge is 2.49. The van der Waals surface area contributed by atoms with Crippen LogP contribution < -0.4 is 9.64 Å². The van der Waals surface area contributed by atoms with Gasteiger partial charge in [0, 0.05) is 92.1 Å². The van der Waals surface area contributed by atoms with Gasteiger partial charge in [-0.05, 0) is 43.7 Å². The number of pyridine rings is 1. The van der Waals surface area contributed by atoms with E-state index >= 15 is 4.39 Å². The first-order valence-corrected chi connectivity index (χ1v) is 19.6. The molecule has 7 heterocycles. The van der Waals surface area contributed by atoms with Crippen molar-refractivity contribution in [3.8, 4) is 17.3 Å². The van der Waals surface area contributed by atoms with E-state index < -0.39 is 12.0 Å². The third-order valence-corrected chi connectivity index (χ3v) is 11.5. The summed E-state index contributed by atoms with van der Waals surface area (Å²) in [7, 11) is 1.47. The van der Waals surface area contributed by atoms with Gasteiger partial charge in [0.15, 0.2) is 5.82 Å². The lowest BCUT2D eigenvalue weighted by Crippen LogP contribution is -2.58. The number of benzene rings is 2. The quantitative estimate of drug-likeness (QED) is 0.197. The number of ether oxygens (including phenoxy) is 2. The number of methoxy groups -OCH3 is 1. The van der Waals surface area contributed by atoms with Crippen LogP contribution in [0.4, 0.5) is 14.6 Å². The maximum absolute atomic E-state index is 16.2. The molecule has 9 rings (SSSR count). The maximum Gasteiger partial charge on any atom is 0.318 e. The van der Waals surface area contributed by atoms with Crippen molar-refractivity contribution in [2.75, 3.05) is 84.1 Å². The van der Waals surface area contributed by atoms with Gasteiger partial charge in [0.25, 0.3) is 0 Å². The van der Waals surface area contributed by atoms with Crippen molar-refractivity contribution in [3.63, 3.8) is 0 Å². The van der Waals surface area contributed by atoms with E-state index in [1.54, 1.807) is 18.3 Å². The molecule has 10 nitrogen and oxygen atoms in total. The number of amides is 1. The smallest absolute Gasteiger partial charge is 0.318 e. The van der Waals surface area contributed by atoms with Crippen LogP contribution in [0.25, 0.3) is 32.9 Å². The van der Waals surface area contributed by atoms with E-state index in [1.165, 1.54) is 20.0 Å². The monoisotopic (exact) mass is 761 g/mol. The van der Waals surface area contributed by atoms with Gasteiger partial charge in [-0.2, -0.15) is 9.97 Å². The summed E-state index contributed by atoms with van der Waals surface area (Å²) in [6.45, 7) is 12.7. The van der Waals surface area contributed by atoms with Crippen molar-refractivity contribution < 1.29 is 23.0 Å². The SMILES string of the molecule is CC.COc1nc(N2CC3(CCN(C(=O)/C=C/CN4CCOCC4)C3)C2)c2cnc(-c3cccc4cccc(Cl)c34)c(F)c2n1.FC1CC2CCCN2C1. The minimum Gasteiger partial charge on any atom is -0.467 e. The van der Waals surface area contributed by atoms with E-state index in [0.717, 1.165) is 69.6 Å². The van der Waals surface area contributed by atoms with Gasteiger partial charge in [-0.25, -0.2) is 8.78 Å². The van der Waals surface area contributed by atoms with E-state index in [9.17, 15) is 9.18 Å². The Labute approximate surface area is 321 Å². The predicted molar refractivity (Wildman–Crippen MR) is 209 cm³/mol. The summed E-state index contributed by atoms with van der Waals surface area (Å²) in [5.74, 6) is 0.0743. The number of rotatable bonds is 6. The Hall–Kier alpha value is -3.97. The van der Waals surface area contributed by atoms with Gasteiger partial charge in [0.1, 0.15) is 23.2 Å². The van der Waals surface area contributed by atoms with Gasteiger partial charge in [-0.15, -0.1) is 0 Å². The molecule has 2 aromatic heterocycles. The number of carbonyl (C=O) groups excluding carboxylic acids is 1. The average molecular weight is 762 g/mol. The van der Waals surface area contributed by atoms with Crippen LogP contribution in [0.5, 0.6) is 6.01 Å². The van der Waals surface area contributed by atoms with Crippen LogP contribution in [0.1, 0.15) is 39.5 Å². The largest absolute Gasteiger partial charge is 0.467 e. The molecule has 1 spiro atoms. The molecule has 4 aromatic rings. The third kappa shape index (κ3) is 7.89. The maximum atomic E-state index is 16.2. The molecule has 5 fully saturated rings. The van der Waals surface area contributed by atoms with Crippen molar-refractivity contribution in [2.24, 2.45) is 5.41 Å². The molecular formula is C41H50ClF2N7O3. The highest BCUT2D eigenvalue weighted by Crippen LogP contribution is 2.44. The zero-order chi connectivity index (χ0) is 37.8. The van der Waals surface area contributed by atoms with Gasteiger partial charge in [0.05, 0.1) is 25.7 Å². The van der Waals surface area contributed by atoms with E-state index in [2.05, 4.69) is 29.7 Å². The van der Waals surface area contributed by atoms with Gasteiger partial charge >= 0.3 is 6.01 Å². The summed E-state index contributed by atoms with van der Waals surface area (Å²) in [5, 5.41) is 2.67. The molecule has 1 amide bonds. The lowest BCUT2D eigenvalue weighted by Gasteiger charge is -2.48. The fourth-order valence-electron chi connectivity index (χ4n) is 8.55. The van der Waals surface area contributed by atoms with Crippen LogP contribution in [0.3, 0.4) is 0 Å². The lowest BCUT2D eigenvalue weighted by atomic mass is 9.79. The topological polar surface area (TPSA) is 87.2 Å². The number of alkyl halides is 1. The van der Waals surface area contributed by atoms with Crippen molar-refractivity contribution >= 4 is 45.0 Å². The average Bonchev–Trinajstić information content (AvgIpc) is 3.92. The zero-order valence-electron chi connectivity index (χ0n) is 31.4. The summed E-state index contributed by atoms with van der Waals surface area (Å²) in [6.07, 6.45) is 9.00. The molecule has 2 aromatic carbocycles. The first kappa shape index (κ1) is 38.3. The Morgan fingerprint density at radius 1 is 1.07 bits per heavy atom. The molecule has 0 saturated carbocycles. The van der Waals surface area contributed by atoms with Crippen molar-refractivity contribution in [3.05, 3.63) is 65.6 Å². The number of nitrogens with zero attached hydrogens (tertiary/aromatic N) is 7. The minimum absolute atomic E-state index is 0.0240. The van der Waals surface area contributed by atoms with Crippen molar-refractivity contribution in [1.82, 2.24) is 29.7 Å². The second-order valence-corrected chi connectivity index (χ2v) is 15.1. The molecule has 5 saturated heterocycles. The van der Waals surface area contributed by atoms with Crippen molar-refractivity contribution in [1.29, 1.82) is 0 Å². The van der Waals surface area contributed by atoms with Gasteiger partial charge < -0.3 is 19.3 Å². The van der Waals surface area contributed by atoms with Crippen LogP contribution in [0.15, 0.2) is 54.7 Å². The molecule has 2 atom stereocenters. The fourth-order valence-corrected chi connectivity index (χ4v) is 8.83. The number of hydrogen-bond acceptors (Lipinski definition) is 9. The Balaban J connectivity index is 0.000000352. The Morgan fingerprint density at radius 3 is 2.61 bits per heavy atom. The van der Waals surface area contributed by atoms with Crippen LogP contribution in [0.2, 0.25) is 5.02 Å². The summed E-state index contributed by atoms with van der Waals surface area (Å²) in [5.41, 5.74) is 0.887. The van der Waals surface area contributed by atoms with Crippen LogP contribution >= 0.6 is 11.6 Å². The third-order valence-electron chi connectivity index (χ3n) is 11.2. The summed E-state index contributed by atoms with van der Waals surface area (Å²) in [4.78, 5) is 35.0. The molecule has 54 heavy (non-hydrogen) atoms. The zero-order valence-corrected chi connectivity index (χ0v) is 32.2. The molecule has 0 aliphatic carbocycles. The van der Waals surface area contributed by atoms with Crippen LogP contribution in [-0.4, -0.2) is 127 Å². The number of anilines is 1. The molecule has 0 N–H and O–H groups in total. The number of fused-ring (bicyclic) bond motifs is 3. The Morgan fingerprint density at radius 2 is 1.85 bits per heavy atom. The minimum atomic E-state index is -0.552. The number of aromatic nitrogens is 3. The molecular weight excluding hydrogens is 712 g/mol. The number of carbonyl (C=O) groups is 1. The molecule has 288 valence electrons. The van der Waals surface area contributed by atoms with Gasteiger partial charge in [-0.1, -0.05) is 61.9 Å². The van der Waals surface area contributed by atoms with E-state index in [4.69, 9.17) is 21.1 Å². The van der Waals surface area contributed by atoms with Gasteiger partial charge in [0.2, 0.25) is 5.91 Å². The number of likely N-dealkylation sites (tertiary alicyclic amines) is 1.